The minimum atomic E-state index is -1.03. The van der Waals surface area contributed by atoms with Crippen LogP contribution >= 0.6 is 0 Å². The number of carboxylic acid groups (broad SMARTS) is 2. The van der Waals surface area contributed by atoms with Crippen LogP contribution in [-0.2, 0) is 9.59 Å². The lowest BCUT2D eigenvalue weighted by molar-refractivity contribution is -0.142. The molecule has 0 spiro atoms. The molecular formula is C14H17NO5. The maximum absolute atomic E-state index is 11.7. The fourth-order valence-electron chi connectivity index (χ4n) is 1.73. The molecule has 0 unspecified atom stereocenters. The van der Waals surface area contributed by atoms with Crippen molar-refractivity contribution in [1.29, 1.82) is 0 Å². The SMILES string of the molecule is CC[C@@H](CCC(=O)Nc1ccc(C(=O)O)cc1)C(=O)O. The fraction of sp³-hybridized carbons (Fsp3) is 0.357. The highest BCUT2D eigenvalue weighted by Gasteiger charge is 2.16. The number of hydrogen-bond donors (Lipinski definition) is 3. The van der Waals surface area contributed by atoms with Crippen molar-refractivity contribution in [3.05, 3.63) is 29.8 Å². The van der Waals surface area contributed by atoms with Gasteiger partial charge in [-0.05, 0) is 37.1 Å². The molecule has 0 bridgehead atoms. The number of aromatic carboxylic acids is 1. The molecule has 0 saturated carbocycles. The summed E-state index contributed by atoms with van der Waals surface area (Å²) in [6.45, 7) is 1.77. The summed E-state index contributed by atoms with van der Waals surface area (Å²) in [4.78, 5) is 33.1. The number of benzene rings is 1. The molecule has 3 N–H and O–H groups in total. The van der Waals surface area contributed by atoms with E-state index >= 15 is 0 Å². The maximum atomic E-state index is 11.7. The van der Waals surface area contributed by atoms with Gasteiger partial charge < -0.3 is 15.5 Å². The van der Waals surface area contributed by atoms with E-state index in [0.29, 0.717) is 12.1 Å². The molecule has 1 atom stereocenters. The van der Waals surface area contributed by atoms with E-state index in [1.54, 1.807) is 6.92 Å². The van der Waals surface area contributed by atoms with E-state index in [1.807, 2.05) is 0 Å². The molecule has 1 rings (SSSR count). The number of nitrogens with one attached hydrogen (secondary N) is 1. The summed E-state index contributed by atoms with van der Waals surface area (Å²) in [7, 11) is 0. The van der Waals surface area contributed by atoms with E-state index in [-0.39, 0.29) is 24.3 Å². The van der Waals surface area contributed by atoms with E-state index < -0.39 is 17.9 Å². The van der Waals surface area contributed by atoms with Gasteiger partial charge in [0, 0.05) is 12.1 Å². The zero-order valence-corrected chi connectivity index (χ0v) is 11.1. The van der Waals surface area contributed by atoms with E-state index in [0.717, 1.165) is 0 Å². The quantitative estimate of drug-likeness (QED) is 0.710. The molecule has 0 aliphatic carbocycles. The van der Waals surface area contributed by atoms with E-state index in [1.165, 1.54) is 24.3 Å². The number of carbonyl (C=O) groups excluding carboxylic acids is 1. The Labute approximate surface area is 116 Å². The van der Waals surface area contributed by atoms with Crippen molar-refractivity contribution in [2.24, 2.45) is 5.92 Å². The van der Waals surface area contributed by atoms with Crippen molar-refractivity contribution in [2.75, 3.05) is 5.32 Å². The Balaban J connectivity index is 2.50. The molecule has 0 aliphatic rings. The molecule has 0 saturated heterocycles. The van der Waals surface area contributed by atoms with Crippen molar-refractivity contribution in [1.82, 2.24) is 0 Å². The first kappa shape index (κ1) is 15.7. The highest BCUT2D eigenvalue weighted by Crippen LogP contribution is 2.14. The number of hydrogen-bond acceptors (Lipinski definition) is 3. The van der Waals surface area contributed by atoms with Gasteiger partial charge in [-0.1, -0.05) is 6.92 Å². The zero-order chi connectivity index (χ0) is 15.1. The lowest BCUT2D eigenvalue weighted by atomic mass is 10.0. The monoisotopic (exact) mass is 279 g/mol. The number of aliphatic carboxylic acids is 1. The van der Waals surface area contributed by atoms with Crippen molar-refractivity contribution in [3.8, 4) is 0 Å². The highest BCUT2D eigenvalue weighted by atomic mass is 16.4. The Morgan fingerprint density at radius 3 is 2.20 bits per heavy atom. The van der Waals surface area contributed by atoms with Gasteiger partial charge in [0.25, 0.3) is 0 Å². The molecule has 0 aliphatic heterocycles. The van der Waals surface area contributed by atoms with Gasteiger partial charge >= 0.3 is 11.9 Å². The summed E-state index contributed by atoms with van der Waals surface area (Å²) >= 11 is 0. The van der Waals surface area contributed by atoms with Crippen LogP contribution in [-0.4, -0.2) is 28.1 Å². The summed E-state index contributed by atoms with van der Waals surface area (Å²) in [6.07, 6.45) is 0.881. The standard InChI is InChI=1S/C14H17NO5/c1-2-9(13(17)18)5-8-12(16)15-11-6-3-10(4-7-11)14(19)20/h3-4,6-7,9H,2,5,8H2,1H3,(H,15,16)(H,17,18)(H,19,20)/t9-/m0/s1. The smallest absolute Gasteiger partial charge is 0.335 e. The van der Waals surface area contributed by atoms with Gasteiger partial charge in [-0.25, -0.2) is 4.79 Å². The molecule has 6 heteroatoms. The Hall–Kier alpha value is -2.37. The minimum Gasteiger partial charge on any atom is -0.481 e. The second kappa shape index (κ2) is 7.28. The topological polar surface area (TPSA) is 104 Å². The molecule has 0 fully saturated rings. The molecule has 0 aromatic heterocycles. The number of anilines is 1. The molecule has 1 aromatic carbocycles. The number of carbonyl (C=O) groups is 3. The van der Waals surface area contributed by atoms with Crippen LogP contribution in [0.25, 0.3) is 0 Å². The van der Waals surface area contributed by atoms with Crippen LogP contribution in [0.4, 0.5) is 5.69 Å². The van der Waals surface area contributed by atoms with E-state index in [2.05, 4.69) is 5.32 Å². The van der Waals surface area contributed by atoms with Gasteiger partial charge in [0.1, 0.15) is 0 Å². The molecule has 6 nitrogen and oxygen atoms in total. The highest BCUT2D eigenvalue weighted by molar-refractivity contribution is 5.92. The number of amides is 1. The average molecular weight is 279 g/mol. The lowest BCUT2D eigenvalue weighted by Crippen LogP contribution is -2.17. The third kappa shape index (κ3) is 4.72. The van der Waals surface area contributed by atoms with Crippen LogP contribution in [0.15, 0.2) is 24.3 Å². The molecule has 108 valence electrons. The summed E-state index contributed by atoms with van der Waals surface area (Å²) in [5.41, 5.74) is 0.628. The van der Waals surface area contributed by atoms with E-state index in [4.69, 9.17) is 10.2 Å². The van der Waals surface area contributed by atoms with Gasteiger partial charge in [-0.15, -0.1) is 0 Å². The minimum absolute atomic E-state index is 0.117. The molecule has 1 amide bonds. The first-order valence-corrected chi connectivity index (χ1v) is 6.30. The summed E-state index contributed by atoms with van der Waals surface area (Å²) < 4.78 is 0. The van der Waals surface area contributed by atoms with Crippen molar-refractivity contribution >= 4 is 23.5 Å². The first-order valence-electron chi connectivity index (χ1n) is 6.30. The Bertz CT molecular complexity index is 495. The third-order valence-corrected chi connectivity index (χ3v) is 2.98. The predicted octanol–water partition coefficient (Wildman–Crippen LogP) is 2.21. The summed E-state index contributed by atoms with van der Waals surface area (Å²) in [5, 5.41) is 20.2. The summed E-state index contributed by atoms with van der Waals surface area (Å²) in [5.74, 6) is -2.73. The average Bonchev–Trinajstić information content (AvgIpc) is 2.39. The summed E-state index contributed by atoms with van der Waals surface area (Å²) in [6, 6.07) is 5.78. The molecular weight excluding hydrogens is 262 g/mol. The van der Waals surface area contributed by atoms with Gasteiger partial charge in [0.15, 0.2) is 0 Å². The third-order valence-electron chi connectivity index (χ3n) is 2.98. The lowest BCUT2D eigenvalue weighted by Gasteiger charge is -2.09. The first-order chi connectivity index (χ1) is 9.43. The van der Waals surface area contributed by atoms with Gasteiger partial charge in [0.2, 0.25) is 5.91 Å². The van der Waals surface area contributed by atoms with Gasteiger partial charge in [-0.2, -0.15) is 0 Å². The van der Waals surface area contributed by atoms with E-state index in [9.17, 15) is 14.4 Å². The van der Waals surface area contributed by atoms with Crippen LogP contribution in [0.2, 0.25) is 0 Å². The second-order valence-corrected chi connectivity index (χ2v) is 4.41. The van der Waals surface area contributed by atoms with Crippen LogP contribution < -0.4 is 5.32 Å². The van der Waals surface area contributed by atoms with Crippen LogP contribution in [0, 0.1) is 5.92 Å². The Morgan fingerprint density at radius 2 is 1.75 bits per heavy atom. The fourth-order valence-corrected chi connectivity index (χ4v) is 1.73. The zero-order valence-electron chi connectivity index (χ0n) is 11.1. The van der Waals surface area contributed by atoms with Crippen LogP contribution in [0.1, 0.15) is 36.5 Å². The van der Waals surface area contributed by atoms with Crippen molar-refractivity contribution in [3.63, 3.8) is 0 Å². The van der Waals surface area contributed by atoms with Crippen LogP contribution in [0.5, 0.6) is 0 Å². The Kier molecular flexibility index (Phi) is 5.71. The molecule has 0 heterocycles. The number of carboxylic acids is 2. The maximum Gasteiger partial charge on any atom is 0.335 e. The largest absolute Gasteiger partial charge is 0.481 e. The molecule has 1 aromatic rings. The number of rotatable bonds is 7. The normalized spacial score (nSPS) is 11.7. The van der Waals surface area contributed by atoms with Gasteiger partial charge in [-0.3, -0.25) is 9.59 Å². The van der Waals surface area contributed by atoms with Crippen molar-refractivity contribution < 1.29 is 24.6 Å². The van der Waals surface area contributed by atoms with Crippen molar-refractivity contribution in [2.45, 2.75) is 26.2 Å². The molecule has 0 radical (unpaired) electrons. The predicted molar refractivity (Wildman–Crippen MR) is 72.7 cm³/mol. The van der Waals surface area contributed by atoms with Crippen LogP contribution in [0.3, 0.4) is 0 Å². The van der Waals surface area contributed by atoms with Gasteiger partial charge in [0.05, 0.1) is 11.5 Å². The Morgan fingerprint density at radius 1 is 1.15 bits per heavy atom. The molecule has 20 heavy (non-hydrogen) atoms. The second-order valence-electron chi connectivity index (χ2n) is 4.41.